The Morgan fingerprint density at radius 1 is 1.12 bits per heavy atom. The predicted molar refractivity (Wildman–Crippen MR) is 89.2 cm³/mol. The molecule has 3 rings (SSSR count). The third kappa shape index (κ3) is 3.10. The first-order valence-electron chi connectivity index (χ1n) is 7.57. The smallest absolute Gasteiger partial charge is 0.270 e. The first-order valence-corrected chi connectivity index (χ1v) is 7.57. The summed E-state index contributed by atoms with van der Waals surface area (Å²) in [7, 11) is 1.52. The van der Waals surface area contributed by atoms with E-state index in [1.54, 1.807) is 42.5 Å². The van der Waals surface area contributed by atoms with Crippen LogP contribution in [0.3, 0.4) is 0 Å². The molecular formula is C18H16F3N3O. The molecule has 1 heterocycles. The molecule has 0 bridgehead atoms. The summed E-state index contributed by atoms with van der Waals surface area (Å²) in [6.45, 7) is 0. The molecular weight excluding hydrogens is 331 g/mol. The Hall–Kier alpha value is -2.80. The summed E-state index contributed by atoms with van der Waals surface area (Å²) in [5.74, 6) is -1.39. The lowest BCUT2D eigenvalue weighted by molar-refractivity contribution is -0.127. The van der Waals surface area contributed by atoms with Gasteiger partial charge in [0, 0.05) is 30.1 Å². The first kappa shape index (κ1) is 17.0. The number of benzene rings is 2. The maximum atomic E-state index is 14.1. The Balaban J connectivity index is 1.95. The largest absolute Gasteiger partial charge is 0.323 e. The lowest BCUT2D eigenvalue weighted by Crippen LogP contribution is -2.58. The minimum absolute atomic E-state index is 0.252. The summed E-state index contributed by atoms with van der Waals surface area (Å²) < 4.78 is 41.2. The zero-order valence-corrected chi connectivity index (χ0v) is 13.3. The maximum Gasteiger partial charge on any atom is 0.270 e. The molecule has 0 radical (unpaired) electrons. The van der Waals surface area contributed by atoms with Gasteiger partial charge in [0.1, 0.15) is 5.82 Å². The van der Waals surface area contributed by atoms with Gasteiger partial charge in [0.05, 0.1) is 0 Å². The van der Waals surface area contributed by atoms with E-state index in [-0.39, 0.29) is 11.3 Å². The number of halogens is 3. The highest BCUT2D eigenvalue weighted by Gasteiger charge is 2.48. The van der Waals surface area contributed by atoms with Crippen molar-refractivity contribution in [3.8, 4) is 11.1 Å². The van der Waals surface area contributed by atoms with Gasteiger partial charge in [0.15, 0.2) is 5.54 Å². The van der Waals surface area contributed by atoms with E-state index in [2.05, 4.69) is 10.7 Å². The molecule has 7 heteroatoms. The summed E-state index contributed by atoms with van der Waals surface area (Å²) in [6.07, 6.45) is -0.498. The van der Waals surface area contributed by atoms with Crippen molar-refractivity contribution in [3.05, 3.63) is 66.6 Å². The van der Waals surface area contributed by atoms with Crippen molar-refractivity contribution < 1.29 is 18.0 Å². The number of nitrogens with zero attached hydrogens (tertiary/aromatic N) is 1. The summed E-state index contributed by atoms with van der Waals surface area (Å²) in [5.41, 5.74) is 1.21. The van der Waals surface area contributed by atoms with Gasteiger partial charge in [-0.05, 0) is 18.2 Å². The van der Waals surface area contributed by atoms with Crippen molar-refractivity contribution in [3.63, 3.8) is 0 Å². The second-order valence-corrected chi connectivity index (χ2v) is 5.69. The van der Waals surface area contributed by atoms with Crippen LogP contribution in [-0.2, 0) is 4.79 Å². The van der Waals surface area contributed by atoms with Crippen LogP contribution in [0.2, 0.25) is 0 Å². The van der Waals surface area contributed by atoms with Gasteiger partial charge in [-0.3, -0.25) is 4.79 Å². The van der Waals surface area contributed by atoms with Crippen LogP contribution in [0.5, 0.6) is 0 Å². The molecule has 4 nitrogen and oxygen atoms in total. The van der Waals surface area contributed by atoms with Crippen LogP contribution >= 0.6 is 0 Å². The number of para-hydroxylation sites is 1. The van der Waals surface area contributed by atoms with Crippen molar-refractivity contribution in [1.29, 1.82) is 0 Å². The third-order valence-corrected chi connectivity index (χ3v) is 3.98. The number of hydrazine groups is 1. The van der Waals surface area contributed by atoms with E-state index in [0.29, 0.717) is 5.56 Å². The monoisotopic (exact) mass is 347 g/mol. The van der Waals surface area contributed by atoms with E-state index < -0.39 is 23.7 Å². The van der Waals surface area contributed by atoms with Crippen LogP contribution in [0.4, 0.5) is 18.9 Å². The molecule has 1 unspecified atom stereocenters. The lowest BCUT2D eigenvalue weighted by atomic mass is 9.99. The highest BCUT2D eigenvalue weighted by atomic mass is 19.3. The molecule has 0 aromatic heterocycles. The van der Waals surface area contributed by atoms with Crippen molar-refractivity contribution in [2.45, 2.75) is 12.0 Å². The Morgan fingerprint density at radius 2 is 1.76 bits per heavy atom. The van der Waals surface area contributed by atoms with E-state index in [0.717, 1.165) is 6.08 Å². The zero-order chi connectivity index (χ0) is 18.0. The van der Waals surface area contributed by atoms with Gasteiger partial charge in [-0.2, -0.15) is 0 Å². The number of hydrogen-bond acceptors (Lipinski definition) is 3. The maximum absolute atomic E-state index is 14.1. The highest BCUT2D eigenvalue weighted by Crippen LogP contribution is 2.31. The Kier molecular flexibility index (Phi) is 4.50. The molecule has 0 fully saturated rings. The second-order valence-electron chi connectivity index (χ2n) is 5.69. The van der Waals surface area contributed by atoms with E-state index in [9.17, 15) is 18.0 Å². The number of carbonyl (C=O) groups is 1. The van der Waals surface area contributed by atoms with Gasteiger partial charge in [0.2, 0.25) is 0 Å². The van der Waals surface area contributed by atoms with E-state index in [1.807, 2.05) is 0 Å². The number of alkyl halides is 2. The Bertz CT molecular complexity index is 825. The number of nitrogens with one attached hydrogen (secondary N) is 2. The average Bonchev–Trinajstić information content (AvgIpc) is 2.99. The van der Waals surface area contributed by atoms with Crippen LogP contribution in [0.15, 0.2) is 60.8 Å². The third-order valence-electron chi connectivity index (χ3n) is 3.98. The highest BCUT2D eigenvalue weighted by molar-refractivity contribution is 6.03. The lowest BCUT2D eigenvalue weighted by Gasteiger charge is -2.28. The summed E-state index contributed by atoms with van der Waals surface area (Å²) in [4.78, 5) is 12.6. The van der Waals surface area contributed by atoms with Crippen LogP contribution in [0.1, 0.15) is 0 Å². The molecule has 1 aliphatic heterocycles. The van der Waals surface area contributed by atoms with E-state index in [4.69, 9.17) is 0 Å². The average molecular weight is 347 g/mol. The van der Waals surface area contributed by atoms with Gasteiger partial charge in [-0.1, -0.05) is 36.4 Å². The number of hydrogen-bond donors (Lipinski definition) is 2. The number of carbonyl (C=O) groups excluding carboxylic acids is 1. The minimum atomic E-state index is -2.96. The Labute approximate surface area is 142 Å². The van der Waals surface area contributed by atoms with Gasteiger partial charge in [0.25, 0.3) is 12.3 Å². The number of anilines is 1. The zero-order valence-electron chi connectivity index (χ0n) is 13.3. The van der Waals surface area contributed by atoms with Crippen LogP contribution in [-0.4, -0.2) is 29.9 Å². The normalized spacial score (nSPS) is 19.5. The van der Waals surface area contributed by atoms with Crippen molar-refractivity contribution in [1.82, 2.24) is 10.4 Å². The fourth-order valence-electron chi connectivity index (χ4n) is 2.68. The number of rotatable bonds is 4. The SMILES string of the molecule is CN1C=CC(C(=O)Nc2ccccc2-c2ccccc2F)(C(F)F)N1. The van der Waals surface area contributed by atoms with Crippen molar-refractivity contribution >= 4 is 11.6 Å². The molecule has 2 N–H and O–H groups in total. The van der Waals surface area contributed by atoms with Gasteiger partial charge < -0.3 is 10.3 Å². The van der Waals surface area contributed by atoms with Crippen molar-refractivity contribution in [2.75, 3.05) is 12.4 Å². The Morgan fingerprint density at radius 3 is 2.36 bits per heavy atom. The molecule has 0 saturated heterocycles. The molecule has 1 aliphatic rings. The molecule has 130 valence electrons. The van der Waals surface area contributed by atoms with Gasteiger partial charge in [-0.15, -0.1) is 0 Å². The minimum Gasteiger partial charge on any atom is -0.323 e. The first-order chi connectivity index (χ1) is 11.9. The van der Waals surface area contributed by atoms with Crippen LogP contribution in [0, 0.1) is 5.82 Å². The molecule has 0 spiro atoms. The van der Waals surface area contributed by atoms with E-state index >= 15 is 0 Å². The fourth-order valence-corrected chi connectivity index (χ4v) is 2.68. The molecule has 0 saturated carbocycles. The topological polar surface area (TPSA) is 44.4 Å². The van der Waals surface area contributed by atoms with Crippen molar-refractivity contribution in [2.24, 2.45) is 0 Å². The fraction of sp³-hybridized carbons (Fsp3) is 0.167. The molecule has 25 heavy (non-hydrogen) atoms. The van der Waals surface area contributed by atoms with Crippen LogP contribution in [0.25, 0.3) is 11.1 Å². The molecule has 2 aromatic rings. The van der Waals surface area contributed by atoms with Crippen LogP contribution < -0.4 is 10.7 Å². The molecule has 1 amide bonds. The van der Waals surface area contributed by atoms with Gasteiger partial charge >= 0.3 is 0 Å². The molecule has 1 atom stereocenters. The number of amides is 1. The summed E-state index contributed by atoms with van der Waals surface area (Å²) >= 11 is 0. The molecule has 2 aromatic carbocycles. The quantitative estimate of drug-likeness (QED) is 0.891. The summed E-state index contributed by atoms with van der Waals surface area (Å²) in [6, 6.07) is 12.5. The second kappa shape index (κ2) is 6.60. The molecule has 0 aliphatic carbocycles. The summed E-state index contributed by atoms with van der Waals surface area (Å²) in [5, 5.41) is 3.78. The van der Waals surface area contributed by atoms with E-state index in [1.165, 1.54) is 24.3 Å². The predicted octanol–water partition coefficient (Wildman–Crippen LogP) is 3.40. The van der Waals surface area contributed by atoms with Gasteiger partial charge in [-0.25, -0.2) is 18.6 Å². The standard InChI is InChI=1S/C18H16F3N3O/c1-24-11-10-18(23-24,16(20)21)17(25)22-15-9-5-3-7-13(15)12-6-2-4-8-14(12)19/h2-11,16,23H,1H3,(H,22,25).